The standard InChI is InChI=1S/C14H24N2O/c1-11-9-14(6-5-13(11)10-15-3)16(4)8-7-12(2)17/h5-6,9,12,15,17H,7-8,10H2,1-4H3. The van der Waals surface area contributed by atoms with E-state index in [4.69, 9.17) is 0 Å². The summed E-state index contributed by atoms with van der Waals surface area (Å²) in [5, 5.41) is 12.4. The highest BCUT2D eigenvalue weighted by Gasteiger charge is 2.05. The Morgan fingerprint density at radius 3 is 2.65 bits per heavy atom. The van der Waals surface area contributed by atoms with Gasteiger partial charge in [0.05, 0.1) is 6.10 Å². The molecule has 1 unspecified atom stereocenters. The summed E-state index contributed by atoms with van der Waals surface area (Å²) in [7, 11) is 4.02. The molecule has 1 atom stereocenters. The first kappa shape index (κ1) is 14.0. The molecule has 17 heavy (non-hydrogen) atoms. The van der Waals surface area contributed by atoms with Crippen molar-refractivity contribution < 1.29 is 5.11 Å². The largest absolute Gasteiger partial charge is 0.393 e. The second-order valence-corrected chi connectivity index (χ2v) is 4.70. The minimum atomic E-state index is -0.234. The molecule has 3 heteroatoms. The SMILES string of the molecule is CNCc1ccc(N(C)CCC(C)O)cc1C. The average molecular weight is 236 g/mol. The highest BCUT2D eigenvalue weighted by atomic mass is 16.3. The molecule has 96 valence electrons. The summed E-state index contributed by atoms with van der Waals surface area (Å²) in [5.41, 5.74) is 3.85. The predicted molar refractivity (Wildman–Crippen MR) is 73.5 cm³/mol. The number of anilines is 1. The minimum absolute atomic E-state index is 0.234. The van der Waals surface area contributed by atoms with Crippen LogP contribution in [-0.4, -0.2) is 31.9 Å². The first-order valence-corrected chi connectivity index (χ1v) is 6.18. The summed E-state index contributed by atoms with van der Waals surface area (Å²) in [6.45, 7) is 5.75. The van der Waals surface area contributed by atoms with Crippen molar-refractivity contribution in [2.24, 2.45) is 0 Å². The van der Waals surface area contributed by atoms with Crippen molar-refractivity contribution in [1.29, 1.82) is 0 Å². The third-order valence-corrected chi connectivity index (χ3v) is 3.02. The van der Waals surface area contributed by atoms with Crippen molar-refractivity contribution in [3.63, 3.8) is 0 Å². The molecule has 0 aromatic heterocycles. The van der Waals surface area contributed by atoms with Gasteiger partial charge in [-0.2, -0.15) is 0 Å². The summed E-state index contributed by atoms with van der Waals surface area (Å²) >= 11 is 0. The fraction of sp³-hybridized carbons (Fsp3) is 0.571. The van der Waals surface area contributed by atoms with Crippen LogP contribution in [0.15, 0.2) is 18.2 Å². The van der Waals surface area contributed by atoms with E-state index in [1.54, 1.807) is 0 Å². The number of hydrogen-bond acceptors (Lipinski definition) is 3. The lowest BCUT2D eigenvalue weighted by atomic mass is 10.1. The zero-order chi connectivity index (χ0) is 12.8. The molecule has 3 nitrogen and oxygen atoms in total. The molecule has 0 heterocycles. The molecule has 2 N–H and O–H groups in total. The fourth-order valence-electron chi connectivity index (χ4n) is 1.82. The Morgan fingerprint density at radius 1 is 1.41 bits per heavy atom. The van der Waals surface area contributed by atoms with E-state index >= 15 is 0 Å². The predicted octanol–water partition coefficient (Wildman–Crippen LogP) is 1.92. The first-order chi connectivity index (χ1) is 8.04. The zero-order valence-electron chi connectivity index (χ0n) is 11.3. The molecule has 0 spiro atoms. The van der Waals surface area contributed by atoms with Crippen LogP contribution in [0.5, 0.6) is 0 Å². The number of aliphatic hydroxyl groups excluding tert-OH is 1. The number of aryl methyl sites for hydroxylation is 1. The molecule has 0 amide bonds. The highest BCUT2D eigenvalue weighted by Crippen LogP contribution is 2.18. The van der Waals surface area contributed by atoms with E-state index in [0.717, 1.165) is 19.5 Å². The lowest BCUT2D eigenvalue weighted by Gasteiger charge is -2.21. The molecular formula is C14H24N2O. The monoisotopic (exact) mass is 236 g/mol. The van der Waals surface area contributed by atoms with Gasteiger partial charge in [-0.05, 0) is 50.6 Å². The van der Waals surface area contributed by atoms with Crippen LogP contribution in [0.1, 0.15) is 24.5 Å². The van der Waals surface area contributed by atoms with Crippen LogP contribution in [0.4, 0.5) is 5.69 Å². The van der Waals surface area contributed by atoms with Gasteiger partial charge >= 0.3 is 0 Å². The second-order valence-electron chi connectivity index (χ2n) is 4.70. The maximum atomic E-state index is 9.28. The van der Waals surface area contributed by atoms with Crippen molar-refractivity contribution in [3.05, 3.63) is 29.3 Å². The van der Waals surface area contributed by atoms with E-state index in [9.17, 15) is 5.11 Å². The molecule has 0 aliphatic heterocycles. The summed E-state index contributed by atoms with van der Waals surface area (Å²) in [5.74, 6) is 0. The van der Waals surface area contributed by atoms with E-state index in [1.807, 2.05) is 14.0 Å². The number of benzene rings is 1. The number of hydrogen-bond donors (Lipinski definition) is 2. The van der Waals surface area contributed by atoms with Crippen LogP contribution in [0, 0.1) is 6.92 Å². The van der Waals surface area contributed by atoms with Crippen molar-refractivity contribution >= 4 is 5.69 Å². The second kappa shape index (κ2) is 6.62. The Kier molecular flexibility index (Phi) is 5.45. The summed E-state index contributed by atoms with van der Waals surface area (Å²) in [6.07, 6.45) is 0.565. The molecule has 0 saturated carbocycles. The molecule has 1 aromatic rings. The molecular weight excluding hydrogens is 212 g/mol. The molecule has 0 fully saturated rings. The van der Waals surface area contributed by atoms with Gasteiger partial charge in [-0.15, -0.1) is 0 Å². The number of nitrogens with one attached hydrogen (secondary N) is 1. The van der Waals surface area contributed by atoms with Gasteiger partial charge in [0.25, 0.3) is 0 Å². The Bertz CT molecular complexity index is 350. The van der Waals surface area contributed by atoms with E-state index in [2.05, 4.69) is 42.4 Å². The molecule has 0 radical (unpaired) electrons. The van der Waals surface area contributed by atoms with Gasteiger partial charge in [-0.3, -0.25) is 0 Å². The maximum absolute atomic E-state index is 9.28. The van der Waals surface area contributed by atoms with Gasteiger partial charge < -0.3 is 15.3 Å². The lowest BCUT2D eigenvalue weighted by molar-refractivity contribution is 0.187. The number of nitrogens with zero attached hydrogens (tertiary/aromatic N) is 1. The van der Waals surface area contributed by atoms with E-state index in [1.165, 1.54) is 16.8 Å². The Balaban J connectivity index is 2.68. The smallest absolute Gasteiger partial charge is 0.0528 e. The third-order valence-electron chi connectivity index (χ3n) is 3.02. The van der Waals surface area contributed by atoms with Gasteiger partial charge in [0.2, 0.25) is 0 Å². The molecule has 1 rings (SSSR count). The van der Waals surface area contributed by atoms with Gasteiger partial charge in [0.1, 0.15) is 0 Å². The van der Waals surface area contributed by atoms with Crippen molar-refractivity contribution in [2.75, 3.05) is 25.5 Å². The third kappa shape index (κ3) is 4.36. The van der Waals surface area contributed by atoms with Crippen LogP contribution in [0.25, 0.3) is 0 Å². The summed E-state index contributed by atoms with van der Waals surface area (Å²) < 4.78 is 0. The summed E-state index contributed by atoms with van der Waals surface area (Å²) in [6, 6.07) is 6.51. The molecule has 0 aliphatic carbocycles. The van der Waals surface area contributed by atoms with Crippen LogP contribution >= 0.6 is 0 Å². The van der Waals surface area contributed by atoms with Crippen molar-refractivity contribution in [2.45, 2.75) is 32.9 Å². The fourth-order valence-corrected chi connectivity index (χ4v) is 1.82. The molecule has 0 bridgehead atoms. The van der Waals surface area contributed by atoms with Gasteiger partial charge in [0, 0.05) is 25.8 Å². The van der Waals surface area contributed by atoms with Crippen LogP contribution in [-0.2, 0) is 6.54 Å². The minimum Gasteiger partial charge on any atom is -0.393 e. The summed E-state index contributed by atoms with van der Waals surface area (Å²) in [4.78, 5) is 2.18. The van der Waals surface area contributed by atoms with Crippen molar-refractivity contribution in [1.82, 2.24) is 5.32 Å². The molecule has 0 aliphatic rings. The van der Waals surface area contributed by atoms with Crippen LogP contribution in [0.3, 0.4) is 0 Å². The molecule has 0 saturated heterocycles. The Hall–Kier alpha value is -1.06. The van der Waals surface area contributed by atoms with Crippen molar-refractivity contribution in [3.8, 4) is 0 Å². The van der Waals surface area contributed by atoms with Gasteiger partial charge in [-0.1, -0.05) is 6.07 Å². The average Bonchev–Trinajstić information content (AvgIpc) is 2.28. The maximum Gasteiger partial charge on any atom is 0.0528 e. The lowest BCUT2D eigenvalue weighted by Crippen LogP contribution is -2.22. The van der Waals surface area contributed by atoms with E-state index in [0.29, 0.717) is 0 Å². The number of rotatable bonds is 6. The molecule has 1 aromatic carbocycles. The van der Waals surface area contributed by atoms with E-state index < -0.39 is 0 Å². The van der Waals surface area contributed by atoms with Gasteiger partial charge in [0.15, 0.2) is 0 Å². The van der Waals surface area contributed by atoms with Crippen LogP contribution < -0.4 is 10.2 Å². The first-order valence-electron chi connectivity index (χ1n) is 6.18. The zero-order valence-corrected chi connectivity index (χ0v) is 11.3. The van der Waals surface area contributed by atoms with E-state index in [-0.39, 0.29) is 6.10 Å². The normalized spacial score (nSPS) is 12.5. The van der Waals surface area contributed by atoms with Gasteiger partial charge in [-0.25, -0.2) is 0 Å². The number of aliphatic hydroxyl groups is 1. The quantitative estimate of drug-likeness (QED) is 0.792. The topological polar surface area (TPSA) is 35.5 Å². The highest BCUT2D eigenvalue weighted by molar-refractivity contribution is 5.50. The van der Waals surface area contributed by atoms with Crippen LogP contribution in [0.2, 0.25) is 0 Å². The Morgan fingerprint density at radius 2 is 2.12 bits per heavy atom. The Labute approximate surface area is 104 Å².